The third-order valence-electron chi connectivity index (χ3n) is 2.58. The minimum Gasteiger partial charge on any atom is -0.478 e. The summed E-state index contributed by atoms with van der Waals surface area (Å²) in [6.45, 7) is 6.03. The van der Waals surface area contributed by atoms with Crippen LogP contribution >= 0.6 is 11.8 Å². The van der Waals surface area contributed by atoms with E-state index < -0.39 is 5.97 Å². The number of aromatic nitrogens is 2. The molecule has 0 aliphatic carbocycles. The fraction of sp³-hybridized carbons (Fsp3) is 0.636. The number of aryl methyl sites for hydroxylation is 2. The maximum atomic E-state index is 11.1. The predicted octanol–water partition coefficient (Wildman–Crippen LogP) is 2.56. The molecule has 4 nitrogen and oxygen atoms in total. The average molecular weight is 242 g/mol. The molecule has 1 rings (SSSR count). The number of carboxylic acids is 1. The van der Waals surface area contributed by atoms with Crippen LogP contribution in [0.1, 0.15) is 36.3 Å². The summed E-state index contributed by atoms with van der Waals surface area (Å²) in [4.78, 5) is 11.1. The van der Waals surface area contributed by atoms with Crippen LogP contribution in [-0.2, 0) is 7.05 Å². The Labute approximate surface area is 100 Å². The number of rotatable bonds is 5. The van der Waals surface area contributed by atoms with Crippen LogP contribution in [0, 0.1) is 12.8 Å². The maximum Gasteiger partial charge on any atom is 0.340 e. The molecule has 0 bridgehead atoms. The largest absolute Gasteiger partial charge is 0.478 e. The van der Waals surface area contributed by atoms with Gasteiger partial charge in [0.05, 0.1) is 5.69 Å². The van der Waals surface area contributed by atoms with E-state index >= 15 is 0 Å². The van der Waals surface area contributed by atoms with Crippen LogP contribution in [-0.4, -0.2) is 26.6 Å². The average Bonchev–Trinajstić information content (AvgIpc) is 2.49. The van der Waals surface area contributed by atoms with E-state index in [2.05, 4.69) is 18.9 Å². The molecule has 0 radical (unpaired) electrons. The maximum absolute atomic E-state index is 11.1. The van der Waals surface area contributed by atoms with E-state index in [0.717, 1.165) is 17.2 Å². The molecular weight excluding hydrogens is 224 g/mol. The van der Waals surface area contributed by atoms with Crippen molar-refractivity contribution in [3.63, 3.8) is 0 Å². The van der Waals surface area contributed by atoms with Crippen LogP contribution in [0.15, 0.2) is 5.03 Å². The van der Waals surface area contributed by atoms with Gasteiger partial charge in [-0.25, -0.2) is 4.79 Å². The van der Waals surface area contributed by atoms with Crippen molar-refractivity contribution in [3.8, 4) is 0 Å². The lowest BCUT2D eigenvalue weighted by Crippen LogP contribution is -2.03. The number of nitrogens with zero attached hydrogens (tertiary/aromatic N) is 2. The van der Waals surface area contributed by atoms with Crippen LogP contribution in [0.3, 0.4) is 0 Å². The van der Waals surface area contributed by atoms with Crippen molar-refractivity contribution < 1.29 is 9.90 Å². The third kappa shape index (κ3) is 2.78. The molecule has 0 aromatic carbocycles. The number of aromatic carboxylic acids is 1. The van der Waals surface area contributed by atoms with E-state index in [0.29, 0.717) is 17.2 Å². The van der Waals surface area contributed by atoms with Crippen molar-refractivity contribution in [3.05, 3.63) is 11.3 Å². The smallest absolute Gasteiger partial charge is 0.340 e. The number of thioether (sulfide) groups is 1. The van der Waals surface area contributed by atoms with Crippen molar-refractivity contribution in [2.24, 2.45) is 13.0 Å². The number of hydrogen-bond acceptors (Lipinski definition) is 3. The Morgan fingerprint density at radius 3 is 2.75 bits per heavy atom. The van der Waals surface area contributed by atoms with E-state index in [-0.39, 0.29) is 0 Å². The summed E-state index contributed by atoms with van der Waals surface area (Å²) in [6.07, 6.45) is 1.10. The molecule has 16 heavy (non-hydrogen) atoms. The number of carbonyl (C=O) groups is 1. The molecule has 1 unspecified atom stereocenters. The summed E-state index contributed by atoms with van der Waals surface area (Å²) in [7, 11) is 1.79. The molecule has 0 aliphatic heterocycles. The summed E-state index contributed by atoms with van der Waals surface area (Å²) in [5.74, 6) is 0.620. The Bertz CT molecular complexity index is 388. The second-order valence-corrected chi connectivity index (χ2v) is 5.03. The highest BCUT2D eigenvalue weighted by molar-refractivity contribution is 7.99. The zero-order valence-electron chi connectivity index (χ0n) is 10.1. The monoisotopic (exact) mass is 242 g/mol. The highest BCUT2D eigenvalue weighted by atomic mass is 32.2. The van der Waals surface area contributed by atoms with Crippen molar-refractivity contribution >= 4 is 17.7 Å². The van der Waals surface area contributed by atoms with Gasteiger partial charge >= 0.3 is 5.97 Å². The summed E-state index contributed by atoms with van der Waals surface area (Å²) in [5, 5.41) is 14.0. The van der Waals surface area contributed by atoms with Gasteiger partial charge in [-0.3, -0.25) is 4.68 Å². The highest BCUT2D eigenvalue weighted by Gasteiger charge is 2.20. The summed E-state index contributed by atoms with van der Waals surface area (Å²) < 4.78 is 1.66. The first-order valence-corrected chi connectivity index (χ1v) is 6.35. The second kappa shape index (κ2) is 5.39. The van der Waals surface area contributed by atoms with Gasteiger partial charge in [0.1, 0.15) is 10.6 Å². The first-order valence-electron chi connectivity index (χ1n) is 5.37. The lowest BCUT2D eigenvalue weighted by atomic mass is 10.2. The van der Waals surface area contributed by atoms with E-state index in [4.69, 9.17) is 5.11 Å². The minimum atomic E-state index is -0.891. The van der Waals surface area contributed by atoms with Gasteiger partial charge < -0.3 is 5.11 Å². The van der Waals surface area contributed by atoms with Gasteiger partial charge in [-0.05, 0) is 12.8 Å². The standard InChI is InChI=1S/C11H18N2O2S/c1-5-7(2)6-16-10-9(11(14)15)8(3)12-13(10)4/h7H,5-6H2,1-4H3,(H,14,15). The highest BCUT2D eigenvalue weighted by Crippen LogP contribution is 2.27. The first-order chi connectivity index (χ1) is 7.47. The lowest BCUT2D eigenvalue weighted by Gasteiger charge is -2.08. The van der Waals surface area contributed by atoms with Gasteiger partial charge in [0.15, 0.2) is 0 Å². The lowest BCUT2D eigenvalue weighted by molar-refractivity contribution is 0.0692. The number of carboxylic acid groups (broad SMARTS) is 1. The topological polar surface area (TPSA) is 55.1 Å². The third-order valence-corrected chi connectivity index (χ3v) is 4.06. The Hall–Kier alpha value is -0.970. The van der Waals surface area contributed by atoms with Gasteiger partial charge in [-0.2, -0.15) is 5.10 Å². The molecule has 0 saturated carbocycles. The molecular formula is C11H18N2O2S. The van der Waals surface area contributed by atoms with Crippen LogP contribution in [0.4, 0.5) is 0 Å². The van der Waals surface area contributed by atoms with Gasteiger partial charge in [0.25, 0.3) is 0 Å². The molecule has 1 aromatic heterocycles. The second-order valence-electron chi connectivity index (χ2n) is 4.02. The first kappa shape index (κ1) is 13.1. The quantitative estimate of drug-likeness (QED) is 0.806. The molecule has 0 spiro atoms. The van der Waals surface area contributed by atoms with E-state index in [1.165, 1.54) is 0 Å². The van der Waals surface area contributed by atoms with E-state index in [9.17, 15) is 4.79 Å². The SMILES string of the molecule is CCC(C)CSc1c(C(=O)O)c(C)nn1C. The summed E-state index contributed by atoms with van der Waals surface area (Å²) in [6, 6.07) is 0. The van der Waals surface area contributed by atoms with Crippen LogP contribution in [0.25, 0.3) is 0 Å². The molecule has 0 aliphatic rings. The molecule has 1 aromatic rings. The Kier molecular flexibility index (Phi) is 4.41. The predicted molar refractivity (Wildman–Crippen MR) is 65.1 cm³/mol. The van der Waals surface area contributed by atoms with Crippen molar-refractivity contribution in [2.75, 3.05) is 5.75 Å². The van der Waals surface area contributed by atoms with Crippen molar-refractivity contribution in [1.29, 1.82) is 0 Å². The fourth-order valence-electron chi connectivity index (χ4n) is 1.39. The van der Waals surface area contributed by atoms with E-state index in [1.54, 1.807) is 30.4 Å². The van der Waals surface area contributed by atoms with Gasteiger partial charge in [0.2, 0.25) is 0 Å². The molecule has 0 saturated heterocycles. The number of hydrogen-bond donors (Lipinski definition) is 1. The Morgan fingerprint density at radius 2 is 2.25 bits per heavy atom. The van der Waals surface area contributed by atoms with Crippen molar-refractivity contribution in [1.82, 2.24) is 9.78 Å². The van der Waals surface area contributed by atoms with Gasteiger partial charge in [-0.1, -0.05) is 20.3 Å². The molecule has 1 heterocycles. The van der Waals surface area contributed by atoms with Gasteiger partial charge in [0, 0.05) is 12.8 Å². The molecule has 1 N–H and O–H groups in total. The summed E-state index contributed by atoms with van der Waals surface area (Å²) in [5.41, 5.74) is 0.928. The zero-order valence-corrected chi connectivity index (χ0v) is 11.0. The Balaban J connectivity index is 2.90. The minimum absolute atomic E-state index is 0.343. The molecule has 90 valence electrons. The zero-order chi connectivity index (χ0) is 12.3. The molecule has 5 heteroatoms. The van der Waals surface area contributed by atoms with Gasteiger partial charge in [-0.15, -0.1) is 11.8 Å². The Morgan fingerprint density at radius 1 is 1.62 bits per heavy atom. The van der Waals surface area contributed by atoms with E-state index in [1.807, 2.05) is 0 Å². The van der Waals surface area contributed by atoms with Crippen LogP contribution < -0.4 is 0 Å². The molecule has 0 fully saturated rings. The molecule has 0 amide bonds. The summed E-state index contributed by atoms with van der Waals surface area (Å²) >= 11 is 1.58. The normalized spacial score (nSPS) is 12.8. The van der Waals surface area contributed by atoms with Crippen LogP contribution in [0.5, 0.6) is 0 Å². The van der Waals surface area contributed by atoms with Crippen molar-refractivity contribution in [2.45, 2.75) is 32.2 Å². The van der Waals surface area contributed by atoms with Crippen LogP contribution in [0.2, 0.25) is 0 Å². The fourth-order valence-corrected chi connectivity index (χ4v) is 2.67. The molecule has 1 atom stereocenters.